The van der Waals surface area contributed by atoms with Crippen LogP contribution in [0.15, 0.2) is 24.3 Å². The molecule has 7 heteroatoms. The molecule has 1 fully saturated rings. The summed E-state index contributed by atoms with van der Waals surface area (Å²) in [4.78, 5) is 27.2. The zero-order valence-corrected chi connectivity index (χ0v) is 16.3. The molecule has 1 aliphatic rings. The van der Waals surface area contributed by atoms with Crippen molar-refractivity contribution in [3.8, 4) is 5.75 Å². The number of carbonyl (C=O) groups excluding carboxylic acids is 1. The first-order chi connectivity index (χ1) is 12.0. The fourth-order valence-electron chi connectivity index (χ4n) is 3.28. The molecule has 2 rings (SSSR count). The maximum atomic E-state index is 12.5. The summed E-state index contributed by atoms with van der Waals surface area (Å²) in [6, 6.07) is 7.72. The largest absolute Gasteiger partial charge is 0.497 e. The van der Waals surface area contributed by atoms with E-state index in [1.54, 1.807) is 12.0 Å². The molecule has 1 unspecified atom stereocenters. The minimum atomic E-state index is -0.729. The van der Waals surface area contributed by atoms with Gasteiger partial charge in [-0.1, -0.05) is 12.1 Å². The van der Waals surface area contributed by atoms with Crippen molar-refractivity contribution in [1.82, 2.24) is 9.80 Å². The van der Waals surface area contributed by atoms with Crippen molar-refractivity contribution < 1.29 is 19.4 Å². The maximum Gasteiger partial charge on any atom is 0.303 e. The summed E-state index contributed by atoms with van der Waals surface area (Å²) in [7, 11) is 3.44. The van der Waals surface area contributed by atoms with Crippen LogP contribution in [0.3, 0.4) is 0 Å². The van der Waals surface area contributed by atoms with Crippen LogP contribution in [-0.4, -0.2) is 60.6 Å². The van der Waals surface area contributed by atoms with E-state index >= 15 is 0 Å². The van der Waals surface area contributed by atoms with Crippen molar-refractivity contribution in [3.63, 3.8) is 0 Å². The van der Waals surface area contributed by atoms with Gasteiger partial charge in [0.15, 0.2) is 0 Å². The average Bonchev–Trinajstić information content (AvgIpc) is 2.79. The Morgan fingerprint density at radius 3 is 2.77 bits per heavy atom. The molecule has 1 heterocycles. The zero-order valence-electron chi connectivity index (χ0n) is 15.5. The van der Waals surface area contributed by atoms with Crippen molar-refractivity contribution in [3.05, 3.63) is 29.8 Å². The van der Waals surface area contributed by atoms with Gasteiger partial charge in [-0.2, -0.15) is 0 Å². The molecule has 6 nitrogen and oxygen atoms in total. The van der Waals surface area contributed by atoms with Crippen LogP contribution in [-0.2, 0) is 16.1 Å². The highest BCUT2D eigenvalue weighted by Gasteiger charge is 2.21. The molecule has 0 aliphatic carbocycles. The van der Waals surface area contributed by atoms with Crippen LogP contribution in [0.5, 0.6) is 5.75 Å². The molecule has 0 saturated carbocycles. The Hall–Kier alpha value is -1.79. The Morgan fingerprint density at radius 1 is 1.31 bits per heavy atom. The number of carbonyl (C=O) groups is 2. The lowest BCUT2D eigenvalue weighted by Gasteiger charge is -2.24. The van der Waals surface area contributed by atoms with Crippen molar-refractivity contribution >= 4 is 24.3 Å². The van der Waals surface area contributed by atoms with E-state index < -0.39 is 5.97 Å². The van der Waals surface area contributed by atoms with Gasteiger partial charge in [0.2, 0.25) is 5.91 Å². The van der Waals surface area contributed by atoms with E-state index in [9.17, 15) is 9.59 Å². The highest BCUT2D eigenvalue weighted by Crippen LogP contribution is 2.21. The Labute approximate surface area is 161 Å². The van der Waals surface area contributed by atoms with Crippen molar-refractivity contribution in [2.45, 2.75) is 32.2 Å². The Kier molecular flexibility index (Phi) is 9.44. The van der Waals surface area contributed by atoms with Crippen LogP contribution >= 0.6 is 12.4 Å². The van der Waals surface area contributed by atoms with Crippen LogP contribution in [0.4, 0.5) is 0 Å². The molecule has 1 aliphatic heterocycles. The fraction of sp³-hybridized carbons (Fsp3) is 0.579. The van der Waals surface area contributed by atoms with Gasteiger partial charge in [0.25, 0.3) is 0 Å². The number of halogens is 1. The highest BCUT2D eigenvalue weighted by molar-refractivity contribution is 5.85. The molecule has 146 valence electrons. The number of aliphatic carboxylic acids is 1. The summed E-state index contributed by atoms with van der Waals surface area (Å²) in [6.45, 7) is 2.58. The number of carboxylic acid groups (broad SMARTS) is 1. The molecular formula is C19H29ClN2O4. The molecule has 1 aromatic carbocycles. The Bertz CT molecular complexity index is 597. The number of nitrogens with zero attached hydrogens (tertiary/aromatic N) is 2. The molecule has 1 aromatic rings. The molecule has 1 amide bonds. The molecule has 1 atom stereocenters. The van der Waals surface area contributed by atoms with E-state index in [1.165, 1.54) is 0 Å². The molecule has 1 saturated heterocycles. The highest BCUT2D eigenvalue weighted by atomic mass is 35.5. The first kappa shape index (κ1) is 22.3. The molecule has 0 aromatic heterocycles. The van der Waals surface area contributed by atoms with Gasteiger partial charge in [-0.3, -0.25) is 14.5 Å². The first-order valence-corrected chi connectivity index (χ1v) is 8.79. The predicted octanol–water partition coefficient (Wildman–Crippen LogP) is 2.65. The smallest absolute Gasteiger partial charge is 0.303 e. The molecule has 0 radical (unpaired) electrons. The summed E-state index contributed by atoms with van der Waals surface area (Å²) in [5.74, 6) is 0.370. The van der Waals surface area contributed by atoms with E-state index in [0.29, 0.717) is 13.1 Å². The van der Waals surface area contributed by atoms with Crippen LogP contribution in [0.2, 0.25) is 0 Å². The summed E-state index contributed by atoms with van der Waals surface area (Å²) >= 11 is 0. The molecule has 26 heavy (non-hydrogen) atoms. The van der Waals surface area contributed by atoms with Gasteiger partial charge in [0.05, 0.1) is 13.7 Å². The average molecular weight is 385 g/mol. The number of likely N-dealkylation sites (N-methyl/N-ethyl adjacent to an activating group) is 1. The SMILES string of the molecule is COc1cccc(CN(C)C(=O)CN2CCCC(CC(=O)O)CC2)c1.Cl. The summed E-state index contributed by atoms with van der Waals surface area (Å²) in [5.41, 5.74) is 1.03. The fourth-order valence-corrected chi connectivity index (χ4v) is 3.28. The number of benzene rings is 1. The molecule has 1 N–H and O–H groups in total. The lowest BCUT2D eigenvalue weighted by molar-refractivity contribution is -0.138. The number of hydrogen-bond donors (Lipinski definition) is 1. The molecular weight excluding hydrogens is 356 g/mol. The van der Waals surface area contributed by atoms with Gasteiger partial charge in [-0.25, -0.2) is 0 Å². The van der Waals surface area contributed by atoms with Crippen molar-refractivity contribution in [2.24, 2.45) is 5.92 Å². The van der Waals surface area contributed by atoms with Crippen molar-refractivity contribution in [1.29, 1.82) is 0 Å². The summed E-state index contributed by atoms with van der Waals surface area (Å²) in [5, 5.41) is 8.94. The summed E-state index contributed by atoms with van der Waals surface area (Å²) in [6.07, 6.45) is 2.96. The van der Waals surface area contributed by atoms with Gasteiger partial charge < -0.3 is 14.7 Å². The second kappa shape index (κ2) is 11.0. The van der Waals surface area contributed by atoms with E-state index in [2.05, 4.69) is 4.90 Å². The Balaban J connectivity index is 0.00000338. The minimum Gasteiger partial charge on any atom is -0.497 e. The monoisotopic (exact) mass is 384 g/mol. The normalized spacial score (nSPS) is 17.7. The van der Waals surface area contributed by atoms with Gasteiger partial charge in [0, 0.05) is 20.0 Å². The van der Waals surface area contributed by atoms with Crippen LogP contribution in [0.1, 0.15) is 31.2 Å². The molecule has 0 spiro atoms. The lowest BCUT2D eigenvalue weighted by Crippen LogP contribution is -2.38. The number of amides is 1. The van der Waals surface area contributed by atoms with Gasteiger partial charge in [-0.15, -0.1) is 12.4 Å². The third-order valence-corrected chi connectivity index (χ3v) is 4.74. The van der Waals surface area contributed by atoms with E-state index in [0.717, 1.165) is 43.7 Å². The minimum absolute atomic E-state index is 0. The second-order valence-electron chi connectivity index (χ2n) is 6.77. The standard InChI is InChI=1S/C19H28N2O4.ClH/c1-20(13-16-5-3-7-17(11-16)25-2)18(22)14-21-9-4-6-15(8-10-21)12-19(23)24;/h3,5,7,11,15H,4,6,8-10,12-14H2,1-2H3,(H,23,24);1H. The first-order valence-electron chi connectivity index (χ1n) is 8.79. The van der Waals surface area contributed by atoms with E-state index in [1.807, 2.05) is 31.3 Å². The third-order valence-electron chi connectivity index (χ3n) is 4.74. The van der Waals surface area contributed by atoms with Crippen LogP contribution < -0.4 is 4.74 Å². The van der Waals surface area contributed by atoms with E-state index in [4.69, 9.17) is 9.84 Å². The number of hydrogen-bond acceptors (Lipinski definition) is 4. The number of carboxylic acids is 1. The van der Waals surface area contributed by atoms with Crippen molar-refractivity contribution in [2.75, 3.05) is 33.8 Å². The second-order valence-corrected chi connectivity index (χ2v) is 6.77. The van der Waals surface area contributed by atoms with Gasteiger partial charge in [0.1, 0.15) is 5.75 Å². The number of rotatable bonds is 7. The third kappa shape index (κ3) is 7.22. The number of methoxy groups -OCH3 is 1. The predicted molar refractivity (Wildman–Crippen MR) is 103 cm³/mol. The molecule has 0 bridgehead atoms. The topological polar surface area (TPSA) is 70.1 Å². The number of ether oxygens (including phenoxy) is 1. The van der Waals surface area contributed by atoms with Crippen LogP contribution in [0.25, 0.3) is 0 Å². The van der Waals surface area contributed by atoms with E-state index in [-0.39, 0.29) is 30.7 Å². The quantitative estimate of drug-likeness (QED) is 0.782. The summed E-state index contributed by atoms with van der Waals surface area (Å²) < 4.78 is 5.22. The Morgan fingerprint density at radius 2 is 2.08 bits per heavy atom. The van der Waals surface area contributed by atoms with Gasteiger partial charge in [-0.05, 0) is 56.0 Å². The van der Waals surface area contributed by atoms with Gasteiger partial charge >= 0.3 is 5.97 Å². The van der Waals surface area contributed by atoms with Crippen LogP contribution in [0, 0.1) is 5.92 Å². The number of likely N-dealkylation sites (tertiary alicyclic amines) is 1. The maximum absolute atomic E-state index is 12.5. The zero-order chi connectivity index (χ0) is 18.2. The lowest BCUT2D eigenvalue weighted by atomic mass is 9.97.